The van der Waals surface area contributed by atoms with E-state index in [2.05, 4.69) is 31.2 Å². The molecule has 1 saturated heterocycles. The van der Waals surface area contributed by atoms with Crippen LogP contribution < -0.4 is 5.32 Å². The van der Waals surface area contributed by atoms with E-state index in [1.54, 1.807) is 0 Å². The van der Waals surface area contributed by atoms with E-state index in [1.165, 1.54) is 25.8 Å². The lowest BCUT2D eigenvalue weighted by Crippen LogP contribution is -2.45. The van der Waals surface area contributed by atoms with Gasteiger partial charge in [0.25, 0.3) is 0 Å². The number of nitrogens with one attached hydrogen (secondary N) is 1. The van der Waals surface area contributed by atoms with Crippen LogP contribution in [0, 0.1) is 5.92 Å². The topological polar surface area (TPSA) is 24.5 Å². The maximum Gasteiger partial charge on any atom is 0.0702 e. The van der Waals surface area contributed by atoms with Gasteiger partial charge in [0.2, 0.25) is 0 Å². The molecule has 3 heteroatoms. The Bertz CT molecular complexity index is 206. The van der Waals surface area contributed by atoms with Gasteiger partial charge in [0.1, 0.15) is 0 Å². The summed E-state index contributed by atoms with van der Waals surface area (Å²) in [6.07, 6.45) is 4.43. The molecule has 0 aromatic carbocycles. The predicted octanol–water partition coefficient (Wildman–Crippen LogP) is 1.09. The summed E-state index contributed by atoms with van der Waals surface area (Å²) in [5, 5.41) is 3.45. The summed E-state index contributed by atoms with van der Waals surface area (Å²) in [5.41, 5.74) is 0. The molecule has 1 heterocycles. The van der Waals surface area contributed by atoms with Gasteiger partial charge < -0.3 is 10.1 Å². The van der Waals surface area contributed by atoms with Crippen LogP contribution in [0.5, 0.6) is 0 Å². The fourth-order valence-electron chi connectivity index (χ4n) is 2.72. The van der Waals surface area contributed by atoms with Gasteiger partial charge in [-0.15, -0.1) is 0 Å². The third-order valence-electron chi connectivity index (χ3n) is 3.95. The van der Waals surface area contributed by atoms with Gasteiger partial charge in [-0.25, -0.2) is 0 Å². The number of ether oxygens (including phenoxy) is 1. The summed E-state index contributed by atoms with van der Waals surface area (Å²) in [7, 11) is 4.33. The summed E-state index contributed by atoms with van der Waals surface area (Å²) in [6, 6.07) is 1.31. The first kappa shape index (κ1) is 11.4. The molecule has 88 valence electrons. The van der Waals surface area contributed by atoms with Crippen molar-refractivity contribution in [2.24, 2.45) is 5.92 Å². The van der Waals surface area contributed by atoms with Crippen LogP contribution in [0.1, 0.15) is 26.2 Å². The second-order valence-electron chi connectivity index (χ2n) is 5.10. The standard InChI is InChI=1S/C12H24N2O/c1-9-12(6-7-15-9)14(3)8-11(13-2)10-4-5-10/h9-13H,4-8H2,1-3H3. The molecule has 0 aromatic heterocycles. The highest BCUT2D eigenvalue weighted by Crippen LogP contribution is 2.33. The summed E-state index contributed by atoms with van der Waals surface area (Å²) < 4.78 is 5.62. The summed E-state index contributed by atoms with van der Waals surface area (Å²) in [5.74, 6) is 0.926. The van der Waals surface area contributed by atoms with Gasteiger partial charge in [0, 0.05) is 25.2 Å². The normalized spacial score (nSPS) is 33.6. The van der Waals surface area contributed by atoms with Crippen LogP contribution in [-0.2, 0) is 4.74 Å². The van der Waals surface area contributed by atoms with E-state index in [4.69, 9.17) is 4.74 Å². The molecular weight excluding hydrogens is 188 g/mol. The van der Waals surface area contributed by atoms with Crippen molar-refractivity contribution >= 4 is 0 Å². The number of likely N-dealkylation sites (N-methyl/N-ethyl adjacent to an activating group) is 2. The van der Waals surface area contributed by atoms with Crippen LogP contribution in [-0.4, -0.2) is 50.3 Å². The lowest BCUT2D eigenvalue weighted by atomic mass is 10.1. The third-order valence-corrected chi connectivity index (χ3v) is 3.95. The van der Waals surface area contributed by atoms with Crippen molar-refractivity contribution in [1.29, 1.82) is 0 Å². The first-order valence-electron chi connectivity index (χ1n) is 6.21. The Morgan fingerprint density at radius 2 is 2.13 bits per heavy atom. The van der Waals surface area contributed by atoms with Crippen LogP contribution >= 0.6 is 0 Å². The monoisotopic (exact) mass is 212 g/mol. The van der Waals surface area contributed by atoms with Gasteiger partial charge in [-0.3, -0.25) is 4.90 Å². The SMILES string of the molecule is CNC(CN(C)C1CCOC1C)C1CC1. The molecule has 0 bridgehead atoms. The average Bonchev–Trinajstić information content (AvgIpc) is 2.97. The number of nitrogens with zero attached hydrogens (tertiary/aromatic N) is 1. The molecule has 1 aliphatic heterocycles. The fourth-order valence-corrected chi connectivity index (χ4v) is 2.72. The van der Waals surface area contributed by atoms with E-state index in [0.717, 1.165) is 12.5 Å². The van der Waals surface area contributed by atoms with Crippen LogP contribution in [0.15, 0.2) is 0 Å². The molecule has 15 heavy (non-hydrogen) atoms. The summed E-state index contributed by atoms with van der Waals surface area (Å²) in [6.45, 7) is 4.29. The van der Waals surface area contributed by atoms with Gasteiger partial charge in [-0.2, -0.15) is 0 Å². The zero-order valence-electron chi connectivity index (χ0n) is 10.2. The average molecular weight is 212 g/mol. The number of rotatable bonds is 5. The molecule has 0 aromatic rings. The van der Waals surface area contributed by atoms with E-state index in [1.807, 2.05) is 0 Å². The second-order valence-corrected chi connectivity index (χ2v) is 5.10. The Kier molecular flexibility index (Phi) is 3.65. The van der Waals surface area contributed by atoms with Crippen molar-refractivity contribution in [2.75, 3.05) is 27.2 Å². The lowest BCUT2D eigenvalue weighted by Gasteiger charge is -2.30. The summed E-state index contributed by atoms with van der Waals surface area (Å²) in [4.78, 5) is 2.48. The largest absolute Gasteiger partial charge is 0.377 e. The minimum absolute atomic E-state index is 0.409. The van der Waals surface area contributed by atoms with Gasteiger partial charge in [0.15, 0.2) is 0 Å². The van der Waals surface area contributed by atoms with Crippen molar-refractivity contribution in [2.45, 2.75) is 44.4 Å². The Balaban J connectivity index is 1.81. The molecule has 2 rings (SSSR count). The molecule has 3 nitrogen and oxygen atoms in total. The zero-order chi connectivity index (χ0) is 10.8. The molecule has 0 amide bonds. The third kappa shape index (κ3) is 2.71. The molecule has 2 fully saturated rings. The van der Waals surface area contributed by atoms with Crippen LogP contribution in [0.4, 0.5) is 0 Å². The highest BCUT2D eigenvalue weighted by atomic mass is 16.5. The van der Waals surface area contributed by atoms with E-state index in [9.17, 15) is 0 Å². The van der Waals surface area contributed by atoms with Crippen LogP contribution in [0.2, 0.25) is 0 Å². The maximum atomic E-state index is 5.62. The second kappa shape index (κ2) is 4.81. The van der Waals surface area contributed by atoms with Gasteiger partial charge in [-0.05, 0) is 46.2 Å². The molecule has 3 atom stereocenters. The van der Waals surface area contributed by atoms with E-state index in [0.29, 0.717) is 18.2 Å². The van der Waals surface area contributed by atoms with Crippen LogP contribution in [0.25, 0.3) is 0 Å². The van der Waals surface area contributed by atoms with Gasteiger partial charge in [0.05, 0.1) is 6.10 Å². The Morgan fingerprint density at radius 3 is 2.60 bits per heavy atom. The lowest BCUT2D eigenvalue weighted by molar-refractivity contribution is 0.0797. The minimum Gasteiger partial charge on any atom is -0.377 e. The predicted molar refractivity (Wildman–Crippen MR) is 62.0 cm³/mol. The minimum atomic E-state index is 0.409. The van der Waals surface area contributed by atoms with Gasteiger partial charge in [-0.1, -0.05) is 0 Å². The van der Waals surface area contributed by atoms with Crippen molar-refractivity contribution in [3.63, 3.8) is 0 Å². The Morgan fingerprint density at radius 1 is 1.40 bits per heavy atom. The molecule has 2 aliphatic rings. The van der Waals surface area contributed by atoms with Gasteiger partial charge >= 0.3 is 0 Å². The molecular formula is C12H24N2O. The first-order chi connectivity index (χ1) is 7.22. The maximum absolute atomic E-state index is 5.62. The van der Waals surface area contributed by atoms with Crippen molar-refractivity contribution in [3.8, 4) is 0 Å². The van der Waals surface area contributed by atoms with Crippen LogP contribution in [0.3, 0.4) is 0 Å². The first-order valence-corrected chi connectivity index (χ1v) is 6.21. The quantitative estimate of drug-likeness (QED) is 0.738. The fraction of sp³-hybridized carbons (Fsp3) is 1.00. The highest BCUT2D eigenvalue weighted by Gasteiger charge is 2.34. The Labute approximate surface area is 93.2 Å². The molecule has 1 saturated carbocycles. The number of hydrogen-bond acceptors (Lipinski definition) is 3. The molecule has 0 spiro atoms. The van der Waals surface area contributed by atoms with E-state index >= 15 is 0 Å². The van der Waals surface area contributed by atoms with Crippen molar-refractivity contribution in [3.05, 3.63) is 0 Å². The molecule has 1 aliphatic carbocycles. The smallest absolute Gasteiger partial charge is 0.0702 e. The Hall–Kier alpha value is -0.120. The molecule has 3 unspecified atom stereocenters. The molecule has 0 radical (unpaired) electrons. The highest BCUT2D eigenvalue weighted by molar-refractivity contribution is 4.90. The number of hydrogen-bond donors (Lipinski definition) is 1. The van der Waals surface area contributed by atoms with Crippen molar-refractivity contribution < 1.29 is 4.74 Å². The summed E-state index contributed by atoms with van der Waals surface area (Å²) >= 11 is 0. The molecule has 1 N–H and O–H groups in total. The van der Waals surface area contributed by atoms with Crippen molar-refractivity contribution in [1.82, 2.24) is 10.2 Å². The van der Waals surface area contributed by atoms with E-state index < -0.39 is 0 Å². The van der Waals surface area contributed by atoms with E-state index in [-0.39, 0.29) is 0 Å². The zero-order valence-corrected chi connectivity index (χ0v) is 10.2.